The second-order valence-electron chi connectivity index (χ2n) is 8.54. The predicted molar refractivity (Wildman–Crippen MR) is 127 cm³/mol. The number of piperidine rings is 1. The molecule has 0 saturated carbocycles. The summed E-state index contributed by atoms with van der Waals surface area (Å²) in [5.74, 6) is 4.12. The van der Waals surface area contributed by atoms with Crippen LogP contribution < -0.4 is 19.7 Å². The van der Waals surface area contributed by atoms with Crippen molar-refractivity contribution in [1.82, 2.24) is 15.3 Å². The van der Waals surface area contributed by atoms with Gasteiger partial charge in [0.15, 0.2) is 0 Å². The molecular weight excluding hydrogens is 420 g/mol. The van der Waals surface area contributed by atoms with E-state index in [0.29, 0.717) is 24.5 Å². The van der Waals surface area contributed by atoms with Gasteiger partial charge in [-0.25, -0.2) is 4.98 Å². The van der Waals surface area contributed by atoms with Gasteiger partial charge in [0.2, 0.25) is 11.6 Å². The van der Waals surface area contributed by atoms with Crippen LogP contribution in [0.5, 0.6) is 11.5 Å². The average Bonchev–Trinajstić information content (AvgIpc) is 3.11. The largest absolute Gasteiger partial charge is 0.497 e. The molecule has 1 aromatic carbocycles. The van der Waals surface area contributed by atoms with Gasteiger partial charge in [0.05, 0.1) is 19.6 Å². The van der Waals surface area contributed by atoms with Gasteiger partial charge >= 0.3 is 0 Å². The molecule has 2 aromatic heterocycles. The second kappa shape index (κ2) is 9.68. The normalized spacial score (nSPS) is 14.5. The highest BCUT2D eigenvalue weighted by atomic mass is 16.5. The Morgan fingerprint density at radius 1 is 1.15 bits per heavy atom. The van der Waals surface area contributed by atoms with Crippen molar-refractivity contribution in [2.75, 3.05) is 38.8 Å². The van der Waals surface area contributed by atoms with Crippen LogP contribution in [0.2, 0.25) is 0 Å². The van der Waals surface area contributed by atoms with Crippen molar-refractivity contribution in [3.8, 4) is 11.5 Å². The van der Waals surface area contributed by atoms with E-state index in [-0.39, 0.29) is 11.8 Å². The second-order valence-corrected chi connectivity index (χ2v) is 8.54. The molecule has 1 saturated heterocycles. The van der Waals surface area contributed by atoms with Crippen LogP contribution in [0.3, 0.4) is 0 Å². The summed E-state index contributed by atoms with van der Waals surface area (Å²) in [7, 11) is 3.27. The number of aryl methyl sites for hydroxylation is 3. The number of methoxy groups -OCH3 is 2. The number of amides is 1. The number of hydrogen-bond donors (Lipinski definition) is 1. The molecule has 8 heteroatoms. The number of aromatic nitrogens is 2. The number of nitrogens with zero attached hydrogens (tertiary/aromatic N) is 3. The Kier molecular flexibility index (Phi) is 6.72. The van der Waals surface area contributed by atoms with Gasteiger partial charge in [0.1, 0.15) is 28.9 Å². The Bertz CT molecular complexity index is 1150. The third kappa shape index (κ3) is 4.74. The van der Waals surface area contributed by atoms with Crippen molar-refractivity contribution in [1.29, 1.82) is 0 Å². The molecule has 1 amide bonds. The molecule has 33 heavy (non-hydrogen) atoms. The van der Waals surface area contributed by atoms with Crippen molar-refractivity contribution in [3.63, 3.8) is 0 Å². The lowest BCUT2D eigenvalue weighted by atomic mass is 9.95. The number of ether oxygens (including phenoxy) is 2. The highest BCUT2D eigenvalue weighted by molar-refractivity contribution is 5.90. The van der Waals surface area contributed by atoms with Crippen LogP contribution in [0.15, 0.2) is 22.6 Å². The van der Waals surface area contributed by atoms with Gasteiger partial charge in [0.25, 0.3) is 0 Å². The maximum atomic E-state index is 12.8. The van der Waals surface area contributed by atoms with E-state index in [1.807, 2.05) is 39.0 Å². The molecule has 4 rings (SSSR count). The first kappa shape index (κ1) is 22.9. The fourth-order valence-electron chi connectivity index (χ4n) is 4.44. The van der Waals surface area contributed by atoms with E-state index in [1.165, 1.54) is 0 Å². The average molecular weight is 453 g/mol. The first-order valence-corrected chi connectivity index (χ1v) is 11.4. The molecule has 1 N–H and O–H groups in total. The lowest BCUT2D eigenvalue weighted by Crippen LogP contribution is -2.41. The van der Waals surface area contributed by atoms with Crippen LogP contribution in [0.25, 0.3) is 11.1 Å². The van der Waals surface area contributed by atoms with Gasteiger partial charge in [-0.05, 0) is 51.7 Å². The summed E-state index contributed by atoms with van der Waals surface area (Å²) in [4.78, 5) is 24.2. The van der Waals surface area contributed by atoms with E-state index in [2.05, 4.69) is 15.2 Å². The Hall–Kier alpha value is -3.29. The predicted octanol–water partition coefficient (Wildman–Crippen LogP) is 3.74. The third-order valence-electron chi connectivity index (χ3n) is 6.47. The summed E-state index contributed by atoms with van der Waals surface area (Å²) >= 11 is 0. The molecule has 0 bridgehead atoms. The summed E-state index contributed by atoms with van der Waals surface area (Å²) in [6.07, 6.45) is 2.28. The molecule has 1 fully saturated rings. The first-order chi connectivity index (χ1) is 15.9. The van der Waals surface area contributed by atoms with E-state index in [0.717, 1.165) is 65.5 Å². The molecular formula is C25H32N4O4. The molecule has 0 atom stereocenters. The molecule has 1 aliphatic heterocycles. The number of fused-ring (bicyclic) bond motifs is 1. The Balaban J connectivity index is 1.34. The maximum Gasteiger partial charge on any atom is 0.231 e. The summed E-state index contributed by atoms with van der Waals surface area (Å²) in [5, 5.41) is 4.08. The number of anilines is 1. The molecule has 0 spiro atoms. The highest BCUT2D eigenvalue weighted by Crippen LogP contribution is 2.33. The zero-order valence-electron chi connectivity index (χ0n) is 20.0. The SMILES string of the molecule is COc1ccc(CCNC(=O)C2CCN(c3nc(C)nc4oc(C)c(C)c34)CC2)c(OC)c1. The van der Waals surface area contributed by atoms with Gasteiger partial charge in [-0.3, -0.25) is 4.79 Å². The van der Waals surface area contributed by atoms with Crippen molar-refractivity contribution in [3.05, 3.63) is 40.9 Å². The molecule has 3 heterocycles. The number of carbonyl (C=O) groups excluding carboxylic acids is 1. The fraction of sp³-hybridized carbons (Fsp3) is 0.480. The summed E-state index contributed by atoms with van der Waals surface area (Å²) in [6.45, 7) is 8.00. The van der Waals surface area contributed by atoms with Crippen LogP contribution in [0.4, 0.5) is 5.82 Å². The van der Waals surface area contributed by atoms with Gasteiger partial charge in [-0.1, -0.05) is 6.07 Å². The number of furan rings is 1. The number of benzene rings is 1. The summed E-state index contributed by atoms with van der Waals surface area (Å²) in [6, 6.07) is 5.75. The number of rotatable bonds is 7. The van der Waals surface area contributed by atoms with Crippen LogP contribution >= 0.6 is 0 Å². The molecule has 0 aliphatic carbocycles. The minimum Gasteiger partial charge on any atom is -0.497 e. The monoisotopic (exact) mass is 452 g/mol. The zero-order valence-corrected chi connectivity index (χ0v) is 20.0. The van der Waals surface area contributed by atoms with E-state index < -0.39 is 0 Å². The molecule has 8 nitrogen and oxygen atoms in total. The summed E-state index contributed by atoms with van der Waals surface area (Å²) < 4.78 is 16.5. The fourth-order valence-corrected chi connectivity index (χ4v) is 4.44. The zero-order chi connectivity index (χ0) is 23.5. The molecule has 0 radical (unpaired) electrons. The van der Waals surface area contributed by atoms with E-state index in [1.54, 1.807) is 14.2 Å². The Morgan fingerprint density at radius 3 is 2.61 bits per heavy atom. The minimum absolute atomic E-state index is 0.00428. The molecule has 3 aromatic rings. The topological polar surface area (TPSA) is 89.7 Å². The van der Waals surface area contributed by atoms with Gasteiger partial charge in [0, 0.05) is 37.2 Å². The van der Waals surface area contributed by atoms with Gasteiger partial charge in [-0.2, -0.15) is 4.98 Å². The van der Waals surface area contributed by atoms with Gasteiger partial charge in [-0.15, -0.1) is 0 Å². The number of carbonyl (C=O) groups is 1. The van der Waals surface area contributed by atoms with Crippen molar-refractivity contribution in [2.45, 2.75) is 40.0 Å². The molecule has 1 aliphatic rings. The lowest BCUT2D eigenvalue weighted by Gasteiger charge is -2.32. The van der Waals surface area contributed by atoms with Crippen molar-refractivity contribution >= 4 is 22.8 Å². The van der Waals surface area contributed by atoms with E-state index in [9.17, 15) is 4.79 Å². The third-order valence-corrected chi connectivity index (χ3v) is 6.47. The molecule has 0 unspecified atom stereocenters. The standard InChI is InChI=1S/C25H32N4O4/c1-15-16(2)33-25-22(15)23(27-17(3)28-25)29-12-9-19(10-13-29)24(30)26-11-8-18-6-7-20(31-4)14-21(18)32-5/h6-7,14,19H,8-13H2,1-5H3,(H,26,30). The van der Waals surface area contributed by atoms with Crippen LogP contribution in [0, 0.1) is 26.7 Å². The highest BCUT2D eigenvalue weighted by Gasteiger charge is 2.28. The van der Waals surface area contributed by atoms with Crippen molar-refractivity contribution < 1.29 is 18.7 Å². The maximum absolute atomic E-state index is 12.8. The lowest BCUT2D eigenvalue weighted by molar-refractivity contribution is -0.125. The molecule has 176 valence electrons. The number of hydrogen-bond acceptors (Lipinski definition) is 7. The van der Waals surface area contributed by atoms with E-state index >= 15 is 0 Å². The van der Waals surface area contributed by atoms with Crippen LogP contribution in [-0.4, -0.2) is 49.7 Å². The minimum atomic E-state index is 0.00428. The van der Waals surface area contributed by atoms with Crippen LogP contribution in [-0.2, 0) is 11.2 Å². The summed E-state index contributed by atoms with van der Waals surface area (Å²) in [5.41, 5.74) is 2.76. The van der Waals surface area contributed by atoms with Crippen molar-refractivity contribution in [2.24, 2.45) is 5.92 Å². The van der Waals surface area contributed by atoms with Crippen LogP contribution in [0.1, 0.15) is 35.6 Å². The Labute approximate surface area is 194 Å². The van der Waals surface area contributed by atoms with Gasteiger partial charge < -0.3 is 24.1 Å². The first-order valence-electron chi connectivity index (χ1n) is 11.4. The number of nitrogens with one attached hydrogen (secondary N) is 1. The van der Waals surface area contributed by atoms with E-state index in [4.69, 9.17) is 18.9 Å². The quantitative estimate of drug-likeness (QED) is 0.584. The Morgan fingerprint density at radius 2 is 1.91 bits per heavy atom. The smallest absolute Gasteiger partial charge is 0.231 e.